The molecule has 0 aliphatic carbocycles. The summed E-state index contributed by atoms with van der Waals surface area (Å²) in [4.78, 5) is 20.1. The second kappa shape index (κ2) is 8.05. The third kappa shape index (κ3) is 3.49. The van der Waals surface area contributed by atoms with Gasteiger partial charge in [-0.1, -0.05) is 37.3 Å². The Balaban J connectivity index is 1.52. The summed E-state index contributed by atoms with van der Waals surface area (Å²) in [6, 6.07) is 16.1. The normalized spacial score (nSPS) is 15.1. The molecule has 1 N–H and O–H groups in total. The number of benzene rings is 2. The molecule has 1 atom stereocenters. The van der Waals surface area contributed by atoms with Gasteiger partial charge in [-0.2, -0.15) is 0 Å². The van der Waals surface area contributed by atoms with Crippen molar-refractivity contribution in [1.82, 2.24) is 14.9 Å². The summed E-state index contributed by atoms with van der Waals surface area (Å²) in [5.41, 5.74) is 4.38. The Hall–Kier alpha value is -2.82. The van der Waals surface area contributed by atoms with Gasteiger partial charge >= 0.3 is 0 Å². The molecule has 0 bridgehead atoms. The highest BCUT2D eigenvalue weighted by atomic mass is 16.2. The molecular formula is C23H28N4O. The van der Waals surface area contributed by atoms with E-state index in [1.165, 1.54) is 24.1 Å². The SMILES string of the molecule is CCc1nc2ccccc2n1C(C)C(=O)NCc1ccccc1N1CCCC1. The molecule has 5 nitrogen and oxygen atoms in total. The molecule has 1 saturated heterocycles. The fourth-order valence-corrected chi connectivity index (χ4v) is 4.15. The van der Waals surface area contributed by atoms with Crippen molar-refractivity contribution in [2.75, 3.05) is 18.0 Å². The predicted octanol–water partition coefficient (Wildman–Crippen LogP) is 4.08. The van der Waals surface area contributed by atoms with Crippen molar-refractivity contribution < 1.29 is 4.79 Å². The Kier molecular flexibility index (Phi) is 5.33. The number of hydrogen-bond donors (Lipinski definition) is 1. The maximum Gasteiger partial charge on any atom is 0.243 e. The van der Waals surface area contributed by atoms with Crippen molar-refractivity contribution in [3.8, 4) is 0 Å². The van der Waals surface area contributed by atoms with Crippen LogP contribution in [0, 0.1) is 0 Å². The second-order valence-corrected chi connectivity index (χ2v) is 7.46. The molecule has 5 heteroatoms. The average Bonchev–Trinajstić information content (AvgIpc) is 3.39. The lowest BCUT2D eigenvalue weighted by Gasteiger charge is -2.22. The van der Waals surface area contributed by atoms with Crippen LogP contribution in [0.4, 0.5) is 5.69 Å². The number of nitrogens with zero attached hydrogens (tertiary/aromatic N) is 3. The number of rotatable bonds is 6. The molecule has 0 saturated carbocycles. The lowest BCUT2D eigenvalue weighted by atomic mass is 10.1. The fourth-order valence-electron chi connectivity index (χ4n) is 4.15. The average molecular weight is 377 g/mol. The molecule has 1 fully saturated rings. The van der Waals surface area contributed by atoms with E-state index < -0.39 is 0 Å². The number of aryl methyl sites for hydroxylation is 1. The zero-order chi connectivity index (χ0) is 19.5. The van der Waals surface area contributed by atoms with E-state index in [1.54, 1.807) is 0 Å². The fraction of sp³-hybridized carbons (Fsp3) is 0.391. The van der Waals surface area contributed by atoms with E-state index in [9.17, 15) is 4.79 Å². The van der Waals surface area contributed by atoms with Crippen LogP contribution in [0.5, 0.6) is 0 Å². The Labute approximate surface area is 166 Å². The minimum absolute atomic E-state index is 0.0223. The van der Waals surface area contributed by atoms with Gasteiger partial charge in [0.05, 0.1) is 11.0 Å². The van der Waals surface area contributed by atoms with Gasteiger partial charge in [0, 0.05) is 31.7 Å². The number of imidazole rings is 1. The van der Waals surface area contributed by atoms with E-state index in [4.69, 9.17) is 4.98 Å². The van der Waals surface area contributed by atoms with Gasteiger partial charge in [0.25, 0.3) is 0 Å². The third-order valence-corrected chi connectivity index (χ3v) is 5.64. The maximum absolute atomic E-state index is 13.0. The monoisotopic (exact) mass is 376 g/mol. The van der Waals surface area contributed by atoms with Gasteiger partial charge in [-0.3, -0.25) is 4.79 Å². The van der Waals surface area contributed by atoms with Crippen LogP contribution < -0.4 is 10.2 Å². The van der Waals surface area contributed by atoms with Crippen molar-refractivity contribution >= 4 is 22.6 Å². The summed E-state index contributed by atoms with van der Waals surface area (Å²) in [7, 11) is 0. The van der Waals surface area contributed by atoms with Crippen LogP contribution in [0.3, 0.4) is 0 Å². The standard InChI is InChI=1S/C23H28N4O/c1-3-22-25-19-11-5-7-13-21(19)27(22)17(2)23(28)24-16-18-10-4-6-12-20(18)26-14-8-9-15-26/h4-7,10-13,17H,3,8-9,14-16H2,1-2H3,(H,24,28). The van der Waals surface area contributed by atoms with E-state index in [2.05, 4.69) is 39.9 Å². The van der Waals surface area contributed by atoms with Crippen LogP contribution in [0.25, 0.3) is 11.0 Å². The third-order valence-electron chi connectivity index (χ3n) is 5.64. The predicted molar refractivity (Wildman–Crippen MR) is 114 cm³/mol. The summed E-state index contributed by atoms with van der Waals surface area (Å²) in [5.74, 6) is 0.968. The summed E-state index contributed by atoms with van der Waals surface area (Å²) < 4.78 is 2.07. The first-order chi connectivity index (χ1) is 13.7. The Morgan fingerprint density at radius 2 is 1.82 bits per heavy atom. The zero-order valence-electron chi connectivity index (χ0n) is 16.7. The molecular weight excluding hydrogens is 348 g/mol. The van der Waals surface area contributed by atoms with Crippen molar-refractivity contribution in [2.24, 2.45) is 0 Å². The highest BCUT2D eigenvalue weighted by Gasteiger charge is 2.21. The van der Waals surface area contributed by atoms with Gasteiger partial charge in [-0.25, -0.2) is 4.98 Å². The molecule has 2 heterocycles. The summed E-state index contributed by atoms with van der Waals surface area (Å²) in [6.45, 7) is 6.78. The smallest absolute Gasteiger partial charge is 0.243 e. The van der Waals surface area contributed by atoms with Crippen molar-refractivity contribution in [3.63, 3.8) is 0 Å². The molecule has 1 amide bonds. The lowest BCUT2D eigenvalue weighted by molar-refractivity contribution is -0.124. The van der Waals surface area contributed by atoms with Gasteiger partial charge in [0.2, 0.25) is 5.91 Å². The molecule has 3 aromatic rings. The van der Waals surface area contributed by atoms with Gasteiger partial charge in [-0.05, 0) is 43.5 Å². The van der Waals surface area contributed by atoms with E-state index in [-0.39, 0.29) is 11.9 Å². The summed E-state index contributed by atoms with van der Waals surface area (Å²) >= 11 is 0. The van der Waals surface area contributed by atoms with Crippen molar-refractivity contribution in [3.05, 3.63) is 59.9 Å². The first-order valence-corrected chi connectivity index (χ1v) is 10.3. The highest BCUT2D eigenvalue weighted by molar-refractivity contribution is 5.84. The molecule has 4 rings (SSSR count). The molecule has 0 spiro atoms. The van der Waals surface area contributed by atoms with Crippen molar-refractivity contribution in [2.45, 2.75) is 45.7 Å². The molecule has 1 aliphatic heterocycles. The molecule has 28 heavy (non-hydrogen) atoms. The van der Waals surface area contributed by atoms with Crippen LogP contribution in [0.15, 0.2) is 48.5 Å². The summed E-state index contributed by atoms with van der Waals surface area (Å²) in [6.07, 6.45) is 3.28. The van der Waals surface area contributed by atoms with E-state index in [0.717, 1.165) is 36.4 Å². The Morgan fingerprint density at radius 3 is 2.61 bits per heavy atom. The molecule has 1 aliphatic rings. The van der Waals surface area contributed by atoms with Gasteiger partial charge in [0.1, 0.15) is 11.9 Å². The quantitative estimate of drug-likeness (QED) is 0.705. The number of anilines is 1. The molecule has 1 unspecified atom stereocenters. The minimum atomic E-state index is -0.304. The van der Waals surface area contributed by atoms with Gasteiger partial charge < -0.3 is 14.8 Å². The van der Waals surface area contributed by atoms with Crippen molar-refractivity contribution in [1.29, 1.82) is 0 Å². The van der Waals surface area contributed by atoms with E-state index >= 15 is 0 Å². The second-order valence-electron chi connectivity index (χ2n) is 7.46. The number of aromatic nitrogens is 2. The molecule has 2 aromatic carbocycles. The number of fused-ring (bicyclic) bond motifs is 1. The molecule has 146 valence electrons. The van der Waals surface area contributed by atoms with Crippen LogP contribution in [0.1, 0.15) is 44.1 Å². The van der Waals surface area contributed by atoms with Crippen LogP contribution in [0.2, 0.25) is 0 Å². The molecule has 0 radical (unpaired) electrons. The Morgan fingerprint density at radius 1 is 1.11 bits per heavy atom. The first kappa shape index (κ1) is 18.5. The molecule has 1 aromatic heterocycles. The number of nitrogens with one attached hydrogen (secondary N) is 1. The number of carbonyl (C=O) groups is 1. The van der Waals surface area contributed by atoms with Crippen LogP contribution in [-0.4, -0.2) is 28.5 Å². The van der Waals surface area contributed by atoms with Crippen LogP contribution >= 0.6 is 0 Å². The van der Waals surface area contributed by atoms with Gasteiger partial charge in [-0.15, -0.1) is 0 Å². The largest absolute Gasteiger partial charge is 0.371 e. The number of para-hydroxylation sites is 3. The minimum Gasteiger partial charge on any atom is -0.371 e. The lowest BCUT2D eigenvalue weighted by Crippen LogP contribution is -2.32. The number of amides is 1. The van der Waals surface area contributed by atoms with Gasteiger partial charge in [0.15, 0.2) is 0 Å². The number of carbonyl (C=O) groups excluding carboxylic acids is 1. The van der Waals surface area contributed by atoms with E-state index in [0.29, 0.717) is 6.54 Å². The topological polar surface area (TPSA) is 50.2 Å². The first-order valence-electron chi connectivity index (χ1n) is 10.3. The zero-order valence-corrected chi connectivity index (χ0v) is 16.7. The van der Waals surface area contributed by atoms with E-state index in [1.807, 2.05) is 37.3 Å². The maximum atomic E-state index is 13.0. The van der Waals surface area contributed by atoms with Crippen LogP contribution in [-0.2, 0) is 17.8 Å². The highest BCUT2D eigenvalue weighted by Crippen LogP contribution is 2.25. The Bertz CT molecular complexity index is 972. The number of hydrogen-bond acceptors (Lipinski definition) is 3. The summed E-state index contributed by atoms with van der Waals surface area (Å²) in [5, 5.41) is 3.15.